The molecule has 0 aromatic heterocycles. The molecule has 3 rings (SSSR count). The molecule has 3 aromatic rings. The smallest absolute Gasteiger partial charge is 0.307 e. The minimum Gasteiger partial charge on any atom is -0.496 e. The quantitative estimate of drug-likeness (QED) is 0.228. The summed E-state index contributed by atoms with van der Waals surface area (Å²) in [6.07, 6.45) is 1.07. The molecule has 0 aliphatic carbocycles. The number of ether oxygens (including phenoxy) is 2. The molecule has 9 nitrogen and oxygen atoms in total. The minimum atomic E-state index is -3.49. The van der Waals surface area contributed by atoms with Crippen molar-refractivity contribution in [3.63, 3.8) is 0 Å². The van der Waals surface area contributed by atoms with Gasteiger partial charge in [0.1, 0.15) is 12.4 Å². The Hall–Kier alpha value is -3.89. The Morgan fingerprint density at radius 2 is 1.70 bits per heavy atom. The SMILES string of the molecule is COc1ccc(CC(=O)O)cc1-c1ccc(NS(C)(=O)=O)cc1CNCCC(=O)OCc1ccccc1. The highest BCUT2D eigenvalue weighted by Crippen LogP contribution is 2.35. The van der Waals surface area contributed by atoms with E-state index in [2.05, 4.69) is 10.0 Å². The van der Waals surface area contributed by atoms with E-state index in [9.17, 15) is 23.1 Å². The summed E-state index contributed by atoms with van der Waals surface area (Å²) >= 11 is 0. The Morgan fingerprint density at radius 3 is 2.38 bits per heavy atom. The van der Waals surface area contributed by atoms with Crippen molar-refractivity contribution in [1.82, 2.24) is 5.32 Å². The normalized spacial score (nSPS) is 11.1. The fraction of sp³-hybridized carbons (Fsp3) is 0.259. The second-order valence-corrected chi connectivity index (χ2v) is 10.2. The Bertz CT molecular complexity index is 1340. The third-order valence-electron chi connectivity index (χ3n) is 5.38. The molecule has 37 heavy (non-hydrogen) atoms. The Balaban J connectivity index is 1.76. The molecule has 196 valence electrons. The lowest BCUT2D eigenvalue weighted by atomic mass is 9.95. The van der Waals surface area contributed by atoms with Crippen molar-refractivity contribution < 1.29 is 32.6 Å². The van der Waals surface area contributed by atoms with Gasteiger partial charge in [0, 0.05) is 24.3 Å². The molecule has 3 aromatic carbocycles. The number of carbonyl (C=O) groups is 2. The number of sulfonamides is 1. The number of carboxylic acid groups (broad SMARTS) is 1. The van der Waals surface area contributed by atoms with Crippen LogP contribution in [0.3, 0.4) is 0 Å². The number of esters is 1. The molecular weight excluding hydrogens is 496 g/mol. The second kappa shape index (κ2) is 12.9. The van der Waals surface area contributed by atoms with Crippen molar-refractivity contribution in [1.29, 1.82) is 0 Å². The zero-order valence-corrected chi connectivity index (χ0v) is 21.5. The molecule has 10 heteroatoms. The molecule has 0 aliphatic heterocycles. The van der Waals surface area contributed by atoms with Crippen LogP contribution in [0.2, 0.25) is 0 Å². The number of benzene rings is 3. The fourth-order valence-electron chi connectivity index (χ4n) is 3.75. The largest absolute Gasteiger partial charge is 0.496 e. The Morgan fingerprint density at radius 1 is 0.946 bits per heavy atom. The van der Waals surface area contributed by atoms with Crippen molar-refractivity contribution in [2.45, 2.75) is 26.0 Å². The van der Waals surface area contributed by atoms with Crippen LogP contribution in [0.15, 0.2) is 66.7 Å². The number of carboxylic acids is 1. The van der Waals surface area contributed by atoms with E-state index in [-0.39, 0.29) is 25.4 Å². The van der Waals surface area contributed by atoms with E-state index in [0.717, 1.165) is 22.9 Å². The Labute approximate surface area is 216 Å². The van der Waals surface area contributed by atoms with Gasteiger partial charge >= 0.3 is 11.9 Å². The van der Waals surface area contributed by atoms with Crippen LogP contribution in [0.5, 0.6) is 5.75 Å². The van der Waals surface area contributed by atoms with Crippen LogP contribution < -0.4 is 14.8 Å². The molecule has 0 spiro atoms. The zero-order chi connectivity index (χ0) is 26.8. The number of aliphatic carboxylic acids is 1. The molecule has 0 saturated heterocycles. The van der Waals surface area contributed by atoms with Crippen molar-refractivity contribution in [2.24, 2.45) is 0 Å². The van der Waals surface area contributed by atoms with Gasteiger partial charge in [-0.2, -0.15) is 0 Å². The summed E-state index contributed by atoms with van der Waals surface area (Å²) in [5.41, 5.74) is 4.03. The van der Waals surface area contributed by atoms with E-state index in [4.69, 9.17) is 9.47 Å². The summed E-state index contributed by atoms with van der Waals surface area (Å²) in [7, 11) is -1.97. The molecular formula is C27H30N2O7S. The third kappa shape index (κ3) is 8.93. The van der Waals surface area contributed by atoms with Crippen LogP contribution in [0.4, 0.5) is 5.69 Å². The van der Waals surface area contributed by atoms with Crippen molar-refractivity contribution in [3.8, 4) is 16.9 Å². The van der Waals surface area contributed by atoms with E-state index in [1.165, 1.54) is 7.11 Å². The van der Waals surface area contributed by atoms with Gasteiger partial charge in [-0.05, 0) is 46.5 Å². The molecule has 3 N–H and O–H groups in total. The van der Waals surface area contributed by atoms with Gasteiger partial charge in [0.2, 0.25) is 10.0 Å². The number of carbonyl (C=O) groups excluding carboxylic acids is 1. The average molecular weight is 527 g/mol. The maximum absolute atomic E-state index is 12.1. The van der Waals surface area contributed by atoms with Crippen LogP contribution >= 0.6 is 0 Å². The lowest BCUT2D eigenvalue weighted by Gasteiger charge is -2.17. The summed E-state index contributed by atoms with van der Waals surface area (Å²) in [5.74, 6) is -0.749. The number of methoxy groups -OCH3 is 1. The highest BCUT2D eigenvalue weighted by Gasteiger charge is 2.15. The molecule has 0 heterocycles. The first kappa shape index (κ1) is 27.7. The van der Waals surface area contributed by atoms with E-state index in [1.807, 2.05) is 30.3 Å². The van der Waals surface area contributed by atoms with Gasteiger partial charge in [0.25, 0.3) is 0 Å². The van der Waals surface area contributed by atoms with Crippen LogP contribution in [0.25, 0.3) is 11.1 Å². The van der Waals surface area contributed by atoms with Crippen molar-refractivity contribution in [3.05, 3.63) is 83.4 Å². The number of nitrogens with one attached hydrogen (secondary N) is 2. The van der Waals surface area contributed by atoms with E-state index >= 15 is 0 Å². The maximum Gasteiger partial charge on any atom is 0.307 e. The van der Waals surface area contributed by atoms with E-state index in [0.29, 0.717) is 35.7 Å². The van der Waals surface area contributed by atoms with Crippen molar-refractivity contribution >= 4 is 27.6 Å². The molecule has 0 radical (unpaired) electrons. The lowest BCUT2D eigenvalue weighted by Crippen LogP contribution is -2.19. The molecule has 0 atom stereocenters. The molecule has 0 amide bonds. The molecule has 0 saturated carbocycles. The standard InChI is InChI=1S/C27H30N2O7S/c1-35-25-11-8-20(15-26(30)31)14-24(25)23-10-9-22(29-37(2,33)34)16-21(23)17-28-13-12-27(32)36-18-19-6-4-3-5-7-19/h3-11,14,16,28-29H,12-13,15,17-18H2,1-2H3,(H,30,31). The molecule has 0 bridgehead atoms. The van der Waals surface area contributed by atoms with Gasteiger partial charge in [0.15, 0.2) is 0 Å². The highest BCUT2D eigenvalue weighted by molar-refractivity contribution is 7.92. The number of hydrogen-bond acceptors (Lipinski definition) is 7. The minimum absolute atomic E-state index is 0.149. The van der Waals surface area contributed by atoms with E-state index < -0.39 is 16.0 Å². The van der Waals surface area contributed by atoms with Crippen LogP contribution in [-0.2, 0) is 43.9 Å². The second-order valence-electron chi connectivity index (χ2n) is 8.42. The number of anilines is 1. The predicted molar refractivity (Wildman–Crippen MR) is 141 cm³/mol. The van der Waals surface area contributed by atoms with Crippen LogP contribution in [-0.4, -0.2) is 45.4 Å². The summed E-state index contributed by atoms with van der Waals surface area (Å²) in [6.45, 7) is 0.857. The Kier molecular flexibility index (Phi) is 9.64. The van der Waals surface area contributed by atoms with Gasteiger partial charge in [-0.25, -0.2) is 8.42 Å². The van der Waals surface area contributed by atoms with Gasteiger partial charge in [-0.1, -0.05) is 42.5 Å². The predicted octanol–water partition coefficient (Wildman–Crippen LogP) is 3.58. The summed E-state index contributed by atoms with van der Waals surface area (Å²) in [5, 5.41) is 12.4. The highest BCUT2D eigenvalue weighted by atomic mass is 32.2. The maximum atomic E-state index is 12.1. The summed E-state index contributed by atoms with van der Waals surface area (Å²) < 4.78 is 36.8. The van der Waals surface area contributed by atoms with Gasteiger partial charge in [0.05, 0.1) is 26.2 Å². The fourth-order valence-corrected chi connectivity index (χ4v) is 4.31. The van der Waals surface area contributed by atoms with Gasteiger partial charge in [-0.15, -0.1) is 0 Å². The molecule has 0 aliphatic rings. The van der Waals surface area contributed by atoms with Gasteiger partial charge < -0.3 is 19.9 Å². The monoisotopic (exact) mass is 526 g/mol. The van der Waals surface area contributed by atoms with Gasteiger partial charge in [-0.3, -0.25) is 14.3 Å². The van der Waals surface area contributed by atoms with Crippen molar-refractivity contribution in [2.75, 3.05) is 24.6 Å². The topological polar surface area (TPSA) is 131 Å². The first-order valence-electron chi connectivity index (χ1n) is 11.5. The van der Waals surface area contributed by atoms with Crippen LogP contribution in [0.1, 0.15) is 23.1 Å². The van der Waals surface area contributed by atoms with Crippen LogP contribution in [0, 0.1) is 0 Å². The third-order valence-corrected chi connectivity index (χ3v) is 5.99. The average Bonchev–Trinajstić information content (AvgIpc) is 2.85. The lowest BCUT2D eigenvalue weighted by molar-refractivity contribution is -0.144. The van der Waals surface area contributed by atoms with E-state index in [1.54, 1.807) is 36.4 Å². The number of rotatable bonds is 13. The number of hydrogen-bond donors (Lipinski definition) is 3. The zero-order valence-electron chi connectivity index (χ0n) is 20.7. The molecule has 0 fully saturated rings. The first-order valence-corrected chi connectivity index (χ1v) is 13.4. The summed E-state index contributed by atoms with van der Waals surface area (Å²) in [4.78, 5) is 23.4. The molecule has 0 unspecified atom stereocenters. The summed E-state index contributed by atoms with van der Waals surface area (Å²) in [6, 6.07) is 19.6. The first-order chi connectivity index (χ1) is 17.6.